The average molecular weight is 218 g/mol. The number of hydrogen-bond donors (Lipinski definition) is 1. The number of carboxylic acid groups (broad SMARTS) is 1. The summed E-state index contributed by atoms with van der Waals surface area (Å²) in [6.07, 6.45) is 0. The van der Waals surface area contributed by atoms with Crippen molar-refractivity contribution in [3.8, 4) is 0 Å². The molecule has 2 fully saturated rings. The number of esters is 1. The highest BCUT2D eigenvalue weighted by atomic mass is 16.5. The SMILES string of the molecule is O=C(O)[C@]12C(=O)OC[C@H]1[C@@H]2c1ccccc1. The van der Waals surface area contributed by atoms with E-state index in [2.05, 4.69) is 0 Å². The van der Waals surface area contributed by atoms with Crippen LogP contribution in [0.25, 0.3) is 0 Å². The van der Waals surface area contributed by atoms with Crippen LogP contribution >= 0.6 is 0 Å². The molecule has 1 saturated carbocycles. The summed E-state index contributed by atoms with van der Waals surface area (Å²) in [6, 6.07) is 9.30. The van der Waals surface area contributed by atoms with Crippen LogP contribution in [0.2, 0.25) is 0 Å². The summed E-state index contributed by atoms with van der Waals surface area (Å²) >= 11 is 0. The van der Waals surface area contributed by atoms with Gasteiger partial charge in [-0.05, 0) is 5.56 Å². The van der Waals surface area contributed by atoms with E-state index in [1.807, 2.05) is 30.3 Å². The second-order valence-corrected chi connectivity index (χ2v) is 4.27. The fourth-order valence-electron chi connectivity index (χ4n) is 2.79. The van der Waals surface area contributed by atoms with E-state index in [1.165, 1.54) is 0 Å². The van der Waals surface area contributed by atoms with Gasteiger partial charge in [0.2, 0.25) is 0 Å². The molecule has 0 amide bonds. The van der Waals surface area contributed by atoms with Crippen molar-refractivity contribution in [3.63, 3.8) is 0 Å². The van der Waals surface area contributed by atoms with Gasteiger partial charge in [-0.1, -0.05) is 30.3 Å². The van der Waals surface area contributed by atoms with Crippen LogP contribution < -0.4 is 0 Å². The van der Waals surface area contributed by atoms with Gasteiger partial charge in [-0.15, -0.1) is 0 Å². The van der Waals surface area contributed by atoms with E-state index in [0.717, 1.165) is 5.56 Å². The quantitative estimate of drug-likeness (QED) is 0.594. The third-order valence-electron chi connectivity index (χ3n) is 3.61. The molecule has 1 heterocycles. The van der Waals surface area contributed by atoms with Crippen molar-refractivity contribution < 1.29 is 19.4 Å². The molecule has 0 radical (unpaired) electrons. The van der Waals surface area contributed by atoms with E-state index in [1.54, 1.807) is 0 Å². The molecule has 1 aromatic carbocycles. The van der Waals surface area contributed by atoms with Gasteiger partial charge in [0.15, 0.2) is 5.41 Å². The Hall–Kier alpha value is -1.84. The Balaban J connectivity index is 2.03. The van der Waals surface area contributed by atoms with Gasteiger partial charge >= 0.3 is 11.9 Å². The fraction of sp³-hybridized carbons (Fsp3) is 0.333. The molecule has 1 aliphatic carbocycles. The van der Waals surface area contributed by atoms with Crippen LogP contribution in [0.5, 0.6) is 0 Å². The van der Waals surface area contributed by atoms with Gasteiger partial charge in [0, 0.05) is 11.8 Å². The number of ether oxygens (including phenoxy) is 1. The normalized spacial score (nSPS) is 35.4. The van der Waals surface area contributed by atoms with Gasteiger partial charge in [0.25, 0.3) is 0 Å². The van der Waals surface area contributed by atoms with Crippen molar-refractivity contribution in [2.24, 2.45) is 11.3 Å². The fourth-order valence-corrected chi connectivity index (χ4v) is 2.79. The summed E-state index contributed by atoms with van der Waals surface area (Å²) in [5, 5.41) is 9.22. The molecule has 4 heteroatoms. The molecule has 1 aromatic rings. The molecule has 0 spiro atoms. The van der Waals surface area contributed by atoms with E-state index in [0.29, 0.717) is 0 Å². The lowest BCUT2D eigenvalue weighted by atomic mass is 9.99. The van der Waals surface area contributed by atoms with Crippen LogP contribution in [0.15, 0.2) is 30.3 Å². The smallest absolute Gasteiger partial charge is 0.324 e. The van der Waals surface area contributed by atoms with Gasteiger partial charge in [0.1, 0.15) is 0 Å². The van der Waals surface area contributed by atoms with Crippen LogP contribution in [0.1, 0.15) is 11.5 Å². The molecule has 16 heavy (non-hydrogen) atoms. The van der Waals surface area contributed by atoms with Crippen LogP contribution in [-0.2, 0) is 14.3 Å². The molecule has 3 rings (SSSR count). The van der Waals surface area contributed by atoms with E-state index in [9.17, 15) is 14.7 Å². The van der Waals surface area contributed by atoms with Gasteiger partial charge in [-0.2, -0.15) is 0 Å². The number of benzene rings is 1. The second kappa shape index (κ2) is 2.84. The highest BCUT2D eigenvalue weighted by molar-refractivity contribution is 6.06. The van der Waals surface area contributed by atoms with Crippen LogP contribution in [0.4, 0.5) is 0 Å². The topological polar surface area (TPSA) is 63.6 Å². The number of hydrogen-bond acceptors (Lipinski definition) is 3. The van der Waals surface area contributed by atoms with Crippen molar-refractivity contribution in [2.45, 2.75) is 5.92 Å². The Morgan fingerprint density at radius 3 is 2.62 bits per heavy atom. The first-order valence-corrected chi connectivity index (χ1v) is 5.14. The number of aliphatic carboxylic acids is 1. The Morgan fingerprint density at radius 2 is 2.06 bits per heavy atom. The summed E-state index contributed by atoms with van der Waals surface area (Å²) in [6.45, 7) is 0.227. The predicted molar refractivity (Wildman–Crippen MR) is 53.7 cm³/mol. The van der Waals surface area contributed by atoms with Crippen molar-refractivity contribution in [3.05, 3.63) is 35.9 Å². The first-order chi connectivity index (χ1) is 7.69. The zero-order valence-electron chi connectivity index (χ0n) is 8.42. The monoisotopic (exact) mass is 218 g/mol. The summed E-state index contributed by atoms with van der Waals surface area (Å²) in [4.78, 5) is 22.8. The largest absolute Gasteiger partial charge is 0.480 e. The summed E-state index contributed by atoms with van der Waals surface area (Å²) in [5.41, 5.74) is -0.395. The standard InChI is InChI=1S/C12H10O4/c13-10(14)12-8(6-16-11(12)15)9(12)7-4-2-1-3-5-7/h1-5,8-9H,6H2,(H,13,14)/t8-,9-,12-/m0/s1. The second-order valence-electron chi connectivity index (χ2n) is 4.27. The molecular formula is C12H10O4. The lowest BCUT2D eigenvalue weighted by Crippen LogP contribution is -2.26. The molecule has 0 unspecified atom stereocenters. The van der Waals surface area contributed by atoms with E-state index >= 15 is 0 Å². The maximum Gasteiger partial charge on any atom is 0.324 e. The first kappa shape index (κ1) is 9.39. The van der Waals surface area contributed by atoms with Gasteiger partial charge in [-0.25, -0.2) is 0 Å². The predicted octanol–water partition coefficient (Wildman–Crippen LogP) is 1.03. The lowest BCUT2D eigenvalue weighted by molar-refractivity contribution is -0.156. The number of carboxylic acids is 1. The van der Waals surface area contributed by atoms with E-state index < -0.39 is 17.4 Å². The molecule has 3 atom stereocenters. The van der Waals surface area contributed by atoms with Crippen molar-refractivity contribution in [2.75, 3.05) is 6.61 Å². The number of cyclic esters (lactones) is 1. The van der Waals surface area contributed by atoms with Gasteiger partial charge in [0.05, 0.1) is 6.61 Å². The third-order valence-corrected chi connectivity index (χ3v) is 3.61. The van der Waals surface area contributed by atoms with Crippen LogP contribution in [-0.4, -0.2) is 23.7 Å². The van der Waals surface area contributed by atoms with Crippen molar-refractivity contribution in [1.82, 2.24) is 0 Å². The lowest BCUT2D eigenvalue weighted by Gasteiger charge is -2.08. The highest BCUT2D eigenvalue weighted by Gasteiger charge is 2.79. The number of carbonyl (C=O) groups excluding carboxylic acids is 1. The Labute approximate surface area is 91.8 Å². The van der Waals surface area contributed by atoms with Crippen LogP contribution in [0.3, 0.4) is 0 Å². The first-order valence-electron chi connectivity index (χ1n) is 5.14. The molecule has 4 nitrogen and oxygen atoms in total. The van der Waals surface area contributed by atoms with Crippen LogP contribution in [0, 0.1) is 11.3 Å². The Morgan fingerprint density at radius 1 is 1.38 bits per heavy atom. The molecule has 1 N–H and O–H groups in total. The number of fused-ring (bicyclic) bond motifs is 1. The molecular weight excluding hydrogens is 208 g/mol. The minimum atomic E-state index is -1.30. The molecule has 82 valence electrons. The van der Waals surface area contributed by atoms with E-state index in [4.69, 9.17) is 4.74 Å². The maximum atomic E-state index is 11.6. The van der Waals surface area contributed by atoms with Gasteiger partial charge in [-0.3, -0.25) is 9.59 Å². The zero-order chi connectivity index (χ0) is 11.3. The number of rotatable bonds is 2. The molecule has 1 aliphatic heterocycles. The summed E-state index contributed by atoms with van der Waals surface area (Å²) < 4.78 is 4.81. The Bertz CT molecular complexity index is 467. The third kappa shape index (κ3) is 0.894. The summed E-state index contributed by atoms with van der Waals surface area (Å²) in [5.74, 6) is -2.06. The molecule has 0 bridgehead atoms. The van der Waals surface area contributed by atoms with Gasteiger partial charge < -0.3 is 9.84 Å². The van der Waals surface area contributed by atoms with Crippen molar-refractivity contribution in [1.29, 1.82) is 0 Å². The molecule has 2 aliphatic rings. The highest BCUT2D eigenvalue weighted by Crippen LogP contribution is 2.68. The molecule has 1 saturated heterocycles. The minimum Gasteiger partial charge on any atom is -0.480 e. The Kier molecular flexibility index (Phi) is 1.67. The zero-order valence-corrected chi connectivity index (χ0v) is 8.42. The minimum absolute atomic E-state index is 0.195. The molecule has 0 aromatic heterocycles. The summed E-state index contributed by atoms with van der Waals surface area (Å²) in [7, 11) is 0. The number of carbonyl (C=O) groups is 2. The van der Waals surface area contributed by atoms with E-state index in [-0.39, 0.29) is 18.4 Å². The average Bonchev–Trinajstić information content (AvgIpc) is 2.86. The van der Waals surface area contributed by atoms with Crippen molar-refractivity contribution >= 4 is 11.9 Å². The maximum absolute atomic E-state index is 11.6.